The van der Waals surface area contributed by atoms with Crippen LogP contribution in [0.3, 0.4) is 0 Å². The van der Waals surface area contributed by atoms with Gasteiger partial charge >= 0.3 is 6.03 Å². The van der Waals surface area contributed by atoms with E-state index in [1.807, 2.05) is 26.0 Å². The molecule has 1 aromatic rings. The lowest BCUT2D eigenvalue weighted by molar-refractivity contribution is 0.191. The number of rotatable bonds is 5. The van der Waals surface area contributed by atoms with Crippen LogP contribution < -0.4 is 11.5 Å². The summed E-state index contributed by atoms with van der Waals surface area (Å²) in [5.74, 6) is 0.0657. The zero-order valence-electron chi connectivity index (χ0n) is 15.5. The van der Waals surface area contributed by atoms with Gasteiger partial charge in [-0.05, 0) is 50.9 Å². The molecule has 3 rings (SSSR count). The van der Waals surface area contributed by atoms with Crippen LogP contribution in [0.4, 0.5) is 4.79 Å². The Labute approximate surface area is 154 Å². The van der Waals surface area contributed by atoms with Crippen LogP contribution in [-0.4, -0.2) is 45.7 Å². The summed E-state index contributed by atoms with van der Waals surface area (Å²) in [6, 6.07) is 7.86. The number of likely N-dealkylation sites (tertiary alicyclic amines) is 1. The number of hydrogen-bond donors (Lipinski definition) is 3. The van der Waals surface area contributed by atoms with E-state index in [9.17, 15) is 4.79 Å². The van der Waals surface area contributed by atoms with Gasteiger partial charge in [0.1, 0.15) is 11.5 Å². The van der Waals surface area contributed by atoms with Crippen LogP contribution in [0.15, 0.2) is 35.8 Å². The van der Waals surface area contributed by atoms with E-state index in [-0.39, 0.29) is 23.7 Å². The molecule has 2 aliphatic heterocycles. The molecule has 0 spiro atoms. The van der Waals surface area contributed by atoms with Gasteiger partial charge in [0.2, 0.25) is 0 Å². The van der Waals surface area contributed by atoms with Gasteiger partial charge in [0, 0.05) is 12.6 Å². The summed E-state index contributed by atoms with van der Waals surface area (Å²) in [4.78, 5) is 18.2. The first-order valence-electron chi connectivity index (χ1n) is 9.13. The Bertz CT molecular complexity index is 731. The third-order valence-corrected chi connectivity index (χ3v) is 4.90. The first kappa shape index (κ1) is 18.3. The predicted octanol–water partition coefficient (Wildman–Crippen LogP) is 1.99. The molecular weight excluding hydrogens is 328 g/mol. The van der Waals surface area contributed by atoms with Crippen LogP contribution in [0.1, 0.15) is 37.8 Å². The maximum absolute atomic E-state index is 12.8. The Balaban J connectivity index is 1.79. The van der Waals surface area contributed by atoms with E-state index in [4.69, 9.17) is 16.9 Å². The van der Waals surface area contributed by atoms with Crippen LogP contribution in [0.2, 0.25) is 0 Å². The molecule has 0 unspecified atom stereocenters. The minimum absolute atomic E-state index is 0.00216. The first-order valence-corrected chi connectivity index (χ1v) is 9.13. The molecule has 0 bridgehead atoms. The summed E-state index contributed by atoms with van der Waals surface area (Å²) in [6.45, 7) is 7.33. The third kappa shape index (κ3) is 3.53. The number of amides is 2. The standard InChI is InChI=1S/C19H28N6O/c1-13(2)25-16(17(20)21)18(22)24(19(25)26)12-15-7-5-6-14(10-15)11-23-8-3-4-9-23/h5-7,10,13,22H,3-4,8-9,11-12,20-21H2,1-2H3. The summed E-state index contributed by atoms with van der Waals surface area (Å²) >= 11 is 0. The number of carbonyl (C=O) groups excluding carboxylic acids is 1. The lowest BCUT2D eigenvalue weighted by Gasteiger charge is -2.21. The van der Waals surface area contributed by atoms with Crippen molar-refractivity contribution in [1.29, 1.82) is 5.41 Å². The van der Waals surface area contributed by atoms with Gasteiger partial charge < -0.3 is 11.5 Å². The molecule has 0 radical (unpaired) electrons. The average molecular weight is 356 g/mol. The molecule has 2 heterocycles. The van der Waals surface area contributed by atoms with Gasteiger partial charge in [-0.1, -0.05) is 24.3 Å². The van der Waals surface area contributed by atoms with Crippen molar-refractivity contribution in [3.8, 4) is 0 Å². The fraction of sp³-hybridized carbons (Fsp3) is 0.474. The Morgan fingerprint density at radius 2 is 1.77 bits per heavy atom. The fourth-order valence-electron chi connectivity index (χ4n) is 3.67. The second-order valence-electron chi connectivity index (χ2n) is 7.29. The molecule has 0 aliphatic carbocycles. The predicted molar refractivity (Wildman–Crippen MR) is 102 cm³/mol. The maximum Gasteiger partial charge on any atom is 0.330 e. The molecule has 0 atom stereocenters. The van der Waals surface area contributed by atoms with E-state index in [0.29, 0.717) is 12.2 Å². The van der Waals surface area contributed by atoms with Crippen molar-refractivity contribution in [3.05, 3.63) is 46.9 Å². The van der Waals surface area contributed by atoms with E-state index in [1.165, 1.54) is 28.2 Å². The normalized spacial score (nSPS) is 18.5. The molecule has 2 amide bonds. The van der Waals surface area contributed by atoms with Crippen molar-refractivity contribution < 1.29 is 4.79 Å². The Hall–Kier alpha value is -2.54. The zero-order chi connectivity index (χ0) is 18.8. The highest BCUT2D eigenvalue weighted by Gasteiger charge is 2.41. The lowest BCUT2D eigenvalue weighted by Crippen LogP contribution is -2.36. The molecular formula is C19H28N6O. The highest BCUT2D eigenvalue weighted by atomic mass is 16.2. The largest absolute Gasteiger partial charge is 0.384 e. The van der Waals surface area contributed by atoms with Gasteiger partial charge in [0.25, 0.3) is 0 Å². The van der Waals surface area contributed by atoms with E-state index in [2.05, 4.69) is 17.0 Å². The molecule has 26 heavy (non-hydrogen) atoms. The summed E-state index contributed by atoms with van der Waals surface area (Å²) in [6.07, 6.45) is 2.53. The van der Waals surface area contributed by atoms with Crippen LogP contribution in [-0.2, 0) is 13.1 Å². The average Bonchev–Trinajstić information content (AvgIpc) is 3.16. The van der Waals surface area contributed by atoms with Gasteiger partial charge in [-0.25, -0.2) is 4.79 Å². The molecule has 2 aliphatic rings. The molecule has 2 fully saturated rings. The van der Waals surface area contributed by atoms with E-state index in [1.54, 1.807) is 0 Å². The second kappa shape index (κ2) is 7.37. The smallest absolute Gasteiger partial charge is 0.330 e. The van der Waals surface area contributed by atoms with Gasteiger partial charge in [-0.15, -0.1) is 0 Å². The number of benzene rings is 1. The number of carbonyl (C=O) groups is 1. The number of hydrogen-bond acceptors (Lipinski definition) is 5. The fourth-order valence-corrected chi connectivity index (χ4v) is 3.67. The number of nitrogens with one attached hydrogen (secondary N) is 1. The maximum atomic E-state index is 12.8. The molecule has 5 N–H and O–H groups in total. The quantitative estimate of drug-likeness (QED) is 0.751. The molecule has 7 nitrogen and oxygen atoms in total. The van der Waals surface area contributed by atoms with Crippen LogP contribution in [0, 0.1) is 5.41 Å². The first-order chi connectivity index (χ1) is 12.4. The summed E-state index contributed by atoms with van der Waals surface area (Å²) in [5.41, 5.74) is 14.0. The van der Waals surface area contributed by atoms with E-state index < -0.39 is 0 Å². The molecule has 7 heteroatoms. The monoisotopic (exact) mass is 356 g/mol. The van der Waals surface area contributed by atoms with Gasteiger partial charge in [0.05, 0.1) is 6.54 Å². The van der Waals surface area contributed by atoms with Crippen molar-refractivity contribution in [2.24, 2.45) is 11.5 Å². The van der Waals surface area contributed by atoms with Crippen molar-refractivity contribution in [2.45, 2.75) is 45.8 Å². The number of nitrogens with two attached hydrogens (primary N) is 2. The van der Waals surface area contributed by atoms with Crippen LogP contribution >= 0.6 is 0 Å². The lowest BCUT2D eigenvalue weighted by atomic mass is 10.1. The summed E-state index contributed by atoms with van der Waals surface area (Å²) in [7, 11) is 0. The van der Waals surface area contributed by atoms with Crippen LogP contribution in [0.5, 0.6) is 0 Å². The van der Waals surface area contributed by atoms with E-state index in [0.717, 1.165) is 25.2 Å². The van der Waals surface area contributed by atoms with Gasteiger partial charge in [-0.3, -0.25) is 20.1 Å². The zero-order valence-corrected chi connectivity index (χ0v) is 15.5. The highest BCUT2D eigenvalue weighted by molar-refractivity contribution is 6.13. The third-order valence-electron chi connectivity index (χ3n) is 4.90. The van der Waals surface area contributed by atoms with Crippen molar-refractivity contribution >= 4 is 11.9 Å². The van der Waals surface area contributed by atoms with Crippen molar-refractivity contribution in [1.82, 2.24) is 14.7 Å². The molecule has 2 saturated heterocycles. The minimum atomic E-state index is -0.252. The number of nitrogens with zero attached hydrogens (tertiary/aromatic N) is 3. The Kier molecular flexibility index (Phi) is 5.18. The molecule has 0 saturated carbocycles. The van der Waals surface area contributed by atoms with Gasteiger partial charge in [-0.2, -0.15) is 0 Å². The Morgan fingerprint density at radius 3 is 2.31 bits per heavy atom. The molecule has 140 valence electrons. The Morgan fingerprint density at radius 1 is 1.15 bits per heavy atom. The number of amidine groups is 1. The molecule has 0 aromatic heterocycles. The second-order valence-corrected chi connectivity index (χ2v) is 7.29. The summed E-state index contributed by atoms with van der Waals surface area (Å²) < 4.78 is 0. The number of urea groups is 1. The van der Waals surface area contributed by atoms with Crippen molar-refractivity contribution in [2.75, 3.05) is 13.1 Å². The van der Waals surface area contributed by atoms with E-state index >= 15 is 0 Å². The summed E-state index contributed by atoms with van der Waals surface area (Å²) in [5, 5.41) is 8.37. The highest BCUT2D eigenvalue weighted by Crippen LogP contribution is 2.26. The van der Waals surface area contributed by atoms with Crippen molar-refractivity contribution in [3.63, 3.8) is 0 Å². The minimum Gasteiger partial charge on any atom is -0.384 e. The van der Waals surface area contributed by atoms with Crippen LogP contribution in [0.25, 0.3) is 0 Å². The molecule has 1 aromatic carbocycles. The SMILES string of the molecule is CC(C)N1C(=O)N(Cc2cccc(CN3CCCC3)c2)C(=N)C1=C(N)N. The topological polar surface area (TPSA) is 103 Å². The van der Waals surface area contributed by atoms with Gasteiger partial charge in [0.15, 0.2) is 5.84 Å².